The van der Waals surface area contributed by atoms with Gasteiger partial charge in [-0.2, -0.15) is 0 Å². The van der Waals surface area contributed by atoms with E-state index < -0.39 is 18.1 Å². The Balaban J connectivity index is 2.90. The molecule has 1 aromatic carbocycles. The van der Waals surface area contributed by atoms with E-state index in [2.05, 4.69) is 0 Å². The molecule has 2 atom stereocenters. The lowest BCUT2D eigenvalue weighted by molar-refractivity contribution is -0.138. The number of carboxylic acid groups (broad SMARTS) is 1. The van der Waals surface area contributed by atoms with Gasteiger partial charge in [-0.1, -0.05) is 17.7 Å². The van der Waals surface area contributed by atoms with Crippen LogP contribution >= 0.6 is 0 Å². The maximum Gasteiger partial charge on any atom is 0.320 e. The normalized spacial score (nSPS) is 14.1. The Kier molecular flexibility index (Phi) is 4.48. The topological polar surface area (TPSA) is 98.6 Å². The van der Waals surface area contributed by atoms with Crippen LogP contribution < -0.4 is 16.2 Å². The summed E-state index contributed by atoms with van der Waals surface area (Å²) >= 11 is 0. The number of ether oxygens (including phenoxy) is 1. The fourth-order valence-corrected chi connectivity index (χ4v) is 1.64. The monoisotopic (exact) mass is 238 g/mol. The first-order chi connectivity index (χ1) is 7.95. The molecule has 0 aliphatic rings. The first kappa shape index (κ1) is 13.5. The first-order valence-electron chi connectivity index (χ1n) is 5.34. The minimum atomic E-state index is -1.05. The third kappa shape index (κ3) is 3.44. The molecule has 0 saturated heterocycles. The number of hydrogen-bond donors (Lipinski definition) is 3. The molecule has 0 spiro atoms. The Morgan fingerprint density at radius 3 is 2.65 bits per heavy atom. The van der Waals surface area contributed by atoms with Crippen LogP contribution in [0.1, 0.15) is 23.6 Å². The van der Waals surface area contributed by atoms with Crippen LogP contribution in [0.5, 0.6) is 5.75 Å². The Hall–Kier alpha value is -1.59. The Labute approximate surface area is 100 Å². The second-order valence-electron chi connectivity index (χ2n) is 4.03. The van der Waals surface area contributed by atoms with Crippen LogP contribution in [0.2, 0.25) is 0 Å². The van der Waals surface area contributed by atoms with Crippen molar-refractivity contribution in [3.63, 3.8) is 0 Å². The fourth-order valence-electron chi connectivity index (χ4n) is 1.64. The number of hydrogen-bond acceptors (Lipinski definition) is 4. The molecule has 17 heavy (non-hydrogen) atoms. The van der Waals surface area contributed by atoms with Gasteiger partial charge in [0, 0.05) is 11.6 Å². The van der Waals surface area contributed by atoms with E-state index in [9.17, 15) is 4.79 Å². The number of carboxylic acids is 1. The van der Waals surface area contributed by atoms with Gasteiger partial charge in [-0.05, 0) is 19.4 Å². The third-order valence-corrected chi connectivity index (χ3v) is 2.61. The van der Waals surface area contributed by atoms with Gasteiger partial charge in [0.2, 0.25) is 0 Å². The van der Waals surface area contributed by atoms with Gasteiger partial charge in [-0.25, -0.2) is 0 Å². The summed E-state index contributed by atoms with van der Waals surface area (Å²) in [5.74, 6) is -0.396. The van der Waals surface area contributed by atoms with Crippen LogP contribution in [0.4, 0.5) is 0 Å². The lowest BCUT2D eigenvalue weighted by Gasteiger charge is -2.18. The molecule has 94 valence electrons. The molecule has 0 aliphatic heterocycles. The van der Waals surface area contributed by atoms with Crippen molar-refractivity contribution < 1.29 is 14.6 Å². The number of aliphatic carboxylic acids is 1. The van der Waals surface area contributed by atoms with Crippen LogP contribution in [0, 0.1) is 6.92 Å². The van der Waals surface area contributed by atoms with Crippen molar-refractivity contribution in [2.24, 2.45) is 11.5 Å². The maximum atomic E-state index is 10.7. The highest BCUT2D eigenvalue weighted by Crippen LogP contribution is 2.27. The van der Waals surface area contributed by atoms with E-state index in [0.29, 0.717) is 5.75 Å². The number of nitrogens with two attached hydrogens (primary N) is 2. The van der Waals surface area contributed by atoms with E-state index in [1.165, 1.54) is 0 Å². The van der Waals surface area contributed by atoms with Crippen molar-refractivity contribution in [1.29, 1.82) is 0 Å². The van der Waals surface area contributed by atoms with Crippen LogP contribution in [0.15, 0.2) is 18.2 Å². The van der Waals surface area contributed by atoms with Gasteiger partial charge in [0.1, 0.15) is 11.8 Å². The average molecular weight is 238 g/mol. The van der Waals surface area contributed by atoms with Crippen LogP contribution in [-0.2, 0) is 4.79 Å². The Morgan fingerprint density at radius 1 is 1.47 bits per heavy atom. The Morgan fingerprint density at radius 2 is 2.12 bits per heavy atom. The molecule has 0 amide bonds. The van der Waals surface area contributed by atoms with Gasteiger partial charge >= 0.3 is 5.97 Å². The predicted molar refractivity (Wildman–Crippen MR) is 64.9 cm³/mol. The molecule has 2 unspecified atom stereocenters. The van der Waals surface area contributed by atoms with E-state index in [1.54, 1.807) is 7.11 Å². The molecule has 0 heterocycles. The van der Waals surface area contributed by atoms with Crippen LogP contribution in [-0.4, -0.2) is 24.2 Å². The molecule has 0 radical (unpaired) electrons. The zero-order chi connectivity index (χ0) is 13.0. The van der Waals surface area contributed by atoms with Crippen molar-refractivity contribution in [2.45, 2.75) is 25.4 Å². The average Bonchev–Trinajstić information content (AvgIpc) is 2.28. The van der Waals surface area contributed by atoms with Gasteiger partial charge in [0.05, 0.1) is 7.11 Å². The number of rotatable bonds is 5. The van der Waals surface area contributed by atoms with Crippen molar-refractivity contribution in [3.05, 3.63) is 29.3 Å². The molecule has 0 bridgehead atoms. The van der Waals surface area contributed by atoms with Crippen LogP contribution in [0.25, 0.3) is 0 Å². The molecular formula is C12H18N2O3. The number of aryl methyl sites for hydroxylation is 1. The summed E-state index contributed by atoms with van der Waals surface area (Å²) in [6.45, 7) is 1.94. The number of benzene rings is 1. The summed E-state index contributed by atoms with van der Waals surface area (Å²) in [6.07, 6.45) is 0.176. The van der Waals surface area contributed by atoms with E-state index >= 15 is 0 Å². The highest BCUT2D eigenvalue weighted by atomic mass is 16.5. The highest BCUT2D eigenvalue weighted by molar-refractivity contribution is 5.73. The van der Waals surface area contributed by atoms with Gasteiger partial charge < -0.3 is 21.3 Å². The molecule has 1 rings (SSSR count). The smallest absolute Gasteiger partial charge is 0.320 e. The molecule has 5 heteroatoms. The van der Waals surface area contributed by atoms with E-state index in [4.69, 9.17) is 21.3 Å². The third-order valence-electron chi connectivity index (χ3n) is 2.61. The summed E-state index contributed by atoms with van der Waals surface area (Å²) < 4.78 is 5.20. The summed E-state index contributed by atoms with van der Waals surface area (Å²) in [7, 11) is 1.55. The number of carbonyl (C=O) groups is 1. The predicted octanol–water partition coefficient (Wildman–Crippen LogP) is 0.805. The molecule has 5 nitrogen and oxygen atoms in total. The lowest BCUT2D eigenvalue weighted by atomic mass is 9.98. The van der Waals surface area contributed by atoms with E-state index in [-0.39, 0.29) is 6.42 Å². The minimum absolute atomic E-state index is 0.176. The van der Waals surface area contributed by atoms with Crippen molar-refractivity contribution in [3.8, 4) is 5.75 Å². The molecule has 1 aromatic rings. The molecule has 0 aromatic heterocycles. The summed E-state index contributed by atoms with van der Waals surface area (Å²) in [4.78, 5) is 10.7. The van der Waals surface area contributed by atoms with Crippen LogP contribution in [0.3, 0.4) is 0 Å². The van der Waals surface area contributed by atoms with Gasteiger partial charge in [0.15, 0.2) is 0 Å². The van der Waals surface area contributed by atoms with Gasteiger partial charge in [-0.15, -0.1) is 0 Å². The molecular weight excluding hydrogens is 220 g/mol. The second-order valence-corrected chi connectivity index (χ2v) is 4.03. The van der Waals surface area contributed by atoms with E-state index in [0.717, 1.165) is 11.1 Å². The van der Waals surface area contributed by atoms with Crippen molar-refractivity contribution in [2.75, 3.05) is 7.11 Å². The molecule has 0 saturated carbocycles. The summed E-state index contributed by atoms with van der Waals surface area (Å²) in [6, 6.07) is 4.20. The van der Waals surface area contributed by atoms with Gasteiger partial charge in [-0.3, -0.25) is 4.79 Å². The Bertz CT molecular complexity index is 407. The summed E-state index contributed by atoms with van der Waals surface area (Å²) in [5, 5.41) is 8.75. The van der Waals surface area contributed by atoms with E-state index in [1.807, 2.05) is 25.1 Å². The SMILES string of the molecule is COc1ccc(C)cc1C(N)CC(N)C(=O)O. The number of methoxy groups -OCH3 is 1. The van der Waals surface area contributed by atoms with Crippen molar-refractivity contribution in [1.82, 2.24) is 0 Å². The minimum Gasteiger partial charge on any atom is -0.496 e. The largest absolute Gasteiger partial charge is 0.496 e. The molecule has 0 fully saturated rings. The standard InChI is InChI=1S/C12H18N2O3/c1-7-3-4-11(17-2)8(5-7)9(13)6-10(14)12(15)16/h3-5,9-10H,6,13-14H2,1-2H3,(H,15,16). The van der Waals surface area contributed by atoms with Gasteiger partial charge in [0.25, 0.3) is 0 Å². The molecule has 5 N–H and O–H groups in total. The quantitative estimate of drug-likeness (QED) is 0.705. The summed E-state index contributed by atoms with van der Waals surface area (Å²) in [5.41, 5.74) is 13.2. The zero-order valence-corrected chi connectivity index (χ0v) is 10.0. The lowest BCUT2D eigenvalue weighted by Crippen LogP contribution is -2.33. The maximum absolute atomic E-state index is 10.7. The fraction of sp³-hybridized carbons (Fsp3) is 0.417. The highest BCUT2D eigenvalue weighted by Gasteiger charge is 2.19. The first-order valence-corrected chi connectivity index (χ1v) is 5.34. The zero-order valence-electron chi connectivity index (χ0n) is 10.0. The molecule has 0 aliphatic carbocycles. The second kappa shape index (κ2) is 5.65. The van der Waals surface area contributed by atoms with Crippen molar-refractivity contribution >= 4 is 5.97 Å².